The molecule has 3 aromatic rings. The van der Waals surface area contributed by atoms with Gasteiger partial charge in [-0.1, -0.05) is 37.6 Å². The van der Waals surface area contributed by atoms with E-state index in [0.29, 0.717) is 16.8 Å². The molecule has 1 heterocycles. The lowest BCUT2D eigenvalue weighted by atomic mass is 10.00. The monoisotopic (exact) mass is 485 g/mol. The van der Waals surface area contributed by atoms with Crippen LogP contribution in [0.5, 0.6) is 0 Å². The molecule has 6 nitrogen and oxygen atoms in total. The summed E-state index contributed by atoms with van der Waals surface area (Å²) in [4.78, 5) is 27.1. The molecule has 1 atom stereocenters. The maximum absolute atomic E-state index is 12.8. The van der Waals surface area contributed by atoms with Gasteiger partial charge in [0, 0.05) is 17.7 Å². The fourth-order valence-corrected chi connectivity index (χ4v) is 3.54. The zero-order valence-electron chi connectivity index (χ0n) is 19.1. The number of hydrogen-bond acceptors (Lipinski definition) is 4. The van der Waals surface area contributed by atoms with Crippen molar-refractivity contribution in [3.05, 3.63) is 83.6 Å². The average Bonchev–Trinajstić information content (AvgIpc) is 2.83. The number of pyridine rings is 1. The van der Waals surface area contributed by atoms with Crippen LogP contribution in [0.3, 0.4) is 0 Å². The van der Waals surface area contributed by atoms with Crippen molar-refractivity contribution in [3.8, 4) is 11.3 Å². The van der Waals surface area contributed by atoms with Crippen molar-refractivity contribution < 1.29 is 27.9 Å². The first kappa shape index (κ1) is 25.7. The maximum Gasteiger partial charge on any atom is 0.416 e. The largest absolute Gasteiger partial charge is 0.481 e. The van der Waals surface area contributed by atoms with Crippen LogP contribution >= 0.6 is 0 Å². The Morgan fingerprint density at radius 1 is 1.00 bits per heavy atom. The minimum Gasteiger partial charge on any atom is -0.481 e. The van der Waals surface area contributed by atoms with Crippen LogP contribution in [0.2, 0.25) is 0 Å². The Morgan fingerprint density at radius 3 is 2.23 bits per heavy atom. The summed E-state index contributed by atoms with van der Waals surface area (Å²) in [6.07, 6.45) is -1.15. The predicted molar refractivity (Wildman–Crippen MR) is 127 cm³/mol. The molecule has 0 aliphatic heterocycles. The van der Waals surface area contributed by atoms with Crippen LogP contribution in [0.15, 0.2) is 66.9 Å². The number of anilines is 1. The van der Waals surface area contributed by atoms with Crippen LogP contribution in [-0.2, 0) is 11.0 Å². The number of halogens is 3. The smallest absolute Gasteiger partial charge is 0.416 e. The quantitative estimate of drug-likeness (QED) is 0.331. The first-order chi connectivity index (χ1) is 16.7. The summed E-state index contributed by atoms with van der Waals surface area (Å²) < 4.78 is 38.3. The van der Waals surface area contributed by atoms with Crippen LogP contribution in [0.25, 0.3) is 11.3 Å². The van der Waals surface area contributed by atoms with Crippen molar-refractivity contribution in [1.29, 1.82) is 0 Å². The third-order valence-corrected chi connectivity index (χ3v) is 5.39. The second-order valence-corrected chi connectivity index (χ2v) is 8.01. The standard InChI is InChI=1S/C26H26F3N3O3/c1-2-3-23(18-4-6-19(7-5-18)25(35)30-15-14-24(33)34)32-21-12-13-22(31-16-21)17-8-10-20(11-9-17)26(27,28)29/h4-13,16,23,32H,2-3,14-15H2,1H3,(H,30,35)(H,33,34). The molecule has 35 heavy (non-hydrogen) atoms. The number of amides is 1. The Kier molecular flexibility index (Phi) is 8.46. The zero-order chi connectivity index (χ0) is 25.4. The van der Waals surface area contributed by atoms with E-state index in [1.54, 1.807) is 24.4 Å². The van der Waals surface area contributed by atoms with Crippen LogP contribution in [0, 0.1) is 0 Å². The summed E-state index contributed by atoms with van der Waals surface area (Å²) in [6, 6.07) is 15.5. The number of carboxylic acid groups (broad SMARTS) is 1. The van der Waals surface area contributed by atoms with E-state index < -0.39 is 17.7 Å². The predicted octanol–water partition coefficient (Wildman–Crippen LogP) is 5.93. The molecule has 0 fully saturated rings. The summed E-state index contributed by atoms with van der Waals surface area (Å²) in [6.45, 7) is 2.12. The number of nitrogens with zero attached hydrogens (tertiary/aromatic N) is 1. The number of carboxylic acids is 1. The number of carbonyl (C=O) groups is 2. The molecule has 0 saturated heterocycles. The van der Waals surface area contributed by atoms with Gasteiger partial charge in [-0.25, -0.2) is 0 Å². The Hall–Kier alpha value is -3.88. The molecule has 2 aromatic carbocycles. The van der Waals surface area contributed by atoms with E-state index in [2.05, 4.69) is 22.5 Å². The van der Waals surface area contributed by atoms with E-state index in [9.17, 15) is 22.8 Å². The minimum absolute atomic E-state index is 0.0390. The van der Waals surface area contributed by atoms with Gasteiger partial charge in [0.1, 0.15) is 0 Å². The van der Waals surface area contributed by atoms with Crippen molar-refractivity contribution in [3.63, 3.8) is 0 Å². The number of rotatable bonds is 10. The first-order valence-electron chi connectivity index (χ1n) is 11.2. The molecule has 1 unspecified atom stereocenters. The highest BCUT2D eigenvalue weighted by molar-refractivity contribution is 5.94. The molecule has 0 spiro atoms. The van der Waals surface area contributed by atoms with Crippen molar-refractivity contribution in [2.45, 2.75) is 38.4 Å². The van der Waals surface area contributed by atoms with E-state index in [4.69, 9.17) is 5.11 Å². The third-order valence-electron chi connectivity index (χ3n) is 5.39. The molecule has 3 rings (SSSR count). The van der Waals surface area contributed by atoms with Crippen molar-refractivity contribution in [1.82, 2.24) is 10.3 Å². The number of alkyl halides is 3. The highest BCUT2D eigenvalue weighted by Gasteiger charge is 2.30. The van der Waals surface area contributed by atoms with E-state index in [0.717, 1.165) is 36.2 Å². The summed E-state index contributed by atoms with van der Waals surface area (Å²) in [5.74, 6) is -1.31. The molecule has 9 heteroatoms. The van der Waals surface area contributed by atoms with Gasteiger partial charge in [-0.15, -0.1) is 0 Å². The molecule has 0 bridgehead atoms. The first-order valence-corrected chi connectivity index (χ1v) is 11.2. The molecule has 0 saturated carbocycles. The van der Waals surface area contributed by atoms with E-state index in [1.165, 1.54) is 12.1 Å². The molecular weight excluding hydrogens is 459 g/mol. The number of benzene rings is 2. The van der Waals surface area contributed by atoms with Crippen LogP contribution in [-0.4, -0.2) is 28.5 Å². The number of nitrogens with one attached hydrogen (secondary N) is 2. The minimum atomic E-state index is -4.38. The number of aromatic nitrogens is 1. The highest BCUT2D eigenvalue weighted by Crippen LogP contribution is 2.31. The highest BCUT2D eigenvalue weighted by atomic mass is 19.4. The molecular formula is C26H26F3N3O3. The average molecular weight is 486 g/mol. The second-order valence-electron chi connectivity index (χ2n) is 8.01. The summed E-state index contributed by atoms with van der Waals surface area (Å²) in [5, 5.41) is 14.7. The third kappa shape index (κ3) is 7.30. The lowest BCUT2D eigenvalue weighted by Gasteiger charge is -2.20. The van der Waals surface area contributed by atoms with Gasteiger partial charge >= 0.3 is 12.1 Å². The van der Waals surface area contributed by atoms with Crippen LogP contribution in [0.4, 0.5) is 18.9 Å². The Bertz CT molecular complexity index is 1130. The van der Waals surface area contributed by atoms with Crippen molar-refractivity contribution in [2.24, 2.45) is 0 Å². The van der Waals surface area contributed by atoms with Crippen molar-refractivity contribution >= 4 is 17.6 Å². The number of aliphatic carboxylic acids is 1. The second kappa shape index (κ2) is 11.5. The number of carbonyl (C=O) groups excluding carboxylic acids is 1. The summed E-state index contributed by atoms with van der Waals surface area (Å²) >= 11 is 0. The molecule has 184 valence electrons. The van der Waals surface area contributed by atoms with Crippen LogP contribution < -0.4 is 10.6 Å². The van der Waals surface area contributed by atoms with Gasteiger partial charge in [0.15, 0.2) is 0 Å². The Balaban J connectivity index is 1.67. The molecule has 1 aromatic heterocycles. The SMILES string of the molecule is CCCC(Nc1ccc(-c2ccc(C(F)(F)F)cc2)nc1)c1ccc(C(=O)NCCC(=O)O)cc1. The maximum atomic E-state index is 12.8. The number of hydrogen-bond donors (Lipinski definition) is 3. The zero-order valence-corrected chi connectivity index (χ0v) is 19.1. The molecule has 0 aliphatic rings. The van der Waals surface area contributed by atoms with Gasteiger partial charge < -0.3 is 15.7 Å². The summed E-state index contributed by atoms with van der Waals surface area (Å²) in [7, 11) is 0. The van der Waals surface area contributed by atoms with E-state index in [-0.39, 0.29) is 24.9 Å². The van der Waals surface area contributed by atoms with Crippen LogP contribution in [0.1, 0.15) is 53.7 Å². The topological polar surface area (TPSA) is 91.3 Å². The summed E-state index contributed by atoms with van der Waals surface area (Å²) in [5.41, 5.74) is 2.62. The van der Waals surface area contributed by atoms with Gasteiger partial charge in [0.25, 0.3) is 5.91 Å². The molecule has 0 radical (unpaired) electrons. The van der Waals surface area contributed by atoms with E-state index >= 15 is 0 Å². The lowest BCUT2D eigenvalue weighted by molar-refractivity contribution is -0.138. The van der Waals surface area contributed by atoms with Gasteiger partial charge in [-0.05, 0) is 48.4 Å². The van der Waals surface area contributed by atoms with E-state index in [1.807, 2.05) is 18.2 Å². The van der Waals surface area contributed by atoms with Gasteiger partial charge in [-0.3, -0.25) is 14.6 Å². The molecule has 1 amide bonds. The Labute approximate surface area is 201 Å². The molecule has 3 N–H and O–H groups in total. The van der Waals surface area contributed by atoms with Gasteiger partial charge in [0.05, 0.1) is 35.6 Å². The fraction of sp³-hybridized carbons (Fsp3) is 0.269. The Morgan fingerprint density at radius 2 is 1.69 bits per heavy atom. The van der Waals surface area contributed by atoms with Gasteiger partial charge in [-0.2, -0.15) is 13.2 Å². The molecule has 0 aliphatic carbocycles. The lowest BCUT2D eigenvalue weighted by Crippen LogP contribution is -2.26. The van der Waals surface area contributed by atoms with Gasteiger partial charge in [0.2, 0.25) is 0 Å². The fourth-order valence-electron chi connectivity index (χ4n) is 3.54. The van der Waals surface area contributed by atoms with Crippen molar-refractivity contribution in [2.75, 3.05) is 11.9 Å². The normalized spacial score (nSPS) is 12.1.